The van der Waals surface area contributed by atoms with Gasteiger partial charge in [-0.3, -0.25) is 9.78 Å². The highest BCUT2D eigenvalue weighted by Crippen LogP contribution is 2.33. The number of ether oxygens (including phenoxy) is 1. The topological polar surface area (TPSA) is 62.7 Å². The average molecular weight is 513 g/mol. The number of hydrogen-bond acceptors (Lipinski definition) is 5. The van der Waals surface area contributed by atoms with Crippen molar-refractivity contribution >= 4 is 40.2 Å². The molecule has 0 bridgehead atoms. The summed E-state index contributed by atoms with van der Waals surface area (Å²) in [5, 5.41) is 11.3. The zero-order valence-corrected chi connectivity index (χ0v) is 21.7. The predicted molar refractivity (Wildman–Crippen MR) is 144 cm³/mol. The van der Waals surface area contributed by atoms with Gasteiger partial charge in [-0.2, -0.15) is 0 Å². The van der Waals surface area contributed by atoms with Crippen molar-refractivity contribution in [1.29, 1.82) is 0 Å². The van der Waals surface area contributed by atoms with Gasteiger partial charge in [-0.05, 0) is 80.0 Å². The SMILES string of the molecule is COc1ccc2ncc(Cl)c(CCCC3CCN(CCSc4ccccc4)CC3CC(=O)O)c2c1. The first-order valence-electron chi connectivity index (χ1n) is 12.3. The zero-order chi connectivity index (χ0) is 24.6. The van der Waals surface area contributed by atoms with Crippen molar-refractivity contribution in [2.75, 3.05) is 32.5 Å². The van der Waals surface area contributed by atoms with Crippen molar-refractivity contribution in [3.63, 3.8) is 0 Å². The Morgan fingerprint density at radius 3 is 2.83 bits per heavy atom. The molecule has 186 valence electrons. The van der Waals surface area contributed by atoms with Crippen LogP contribution >= 0.6 is 23.4 Å². The predicted octanol–water partition coefficient (Wildman–Crippen LogP) is 6.42. The lowest BCUT2D eigenvalue weighted by Crippen LogP contribution is -2.42. The highest BCUT2D eigenvalue weighted by atomic mass is 35.5. The fraction of sp³-hybridized carbons (Fsp3) is 0.429. The van der Waals surface area contributed by atoms with Gasteiger partial charge in [0.1, 0.15) is 5.75 Å². The van der Waals surface area contributed by atoms with E-state index in [1.54, 1.807) is 13.3 Å². The summed E-state index contributed by atoms with van der Waals surface area (Å²) in [4.78, 5) is 19.8. The third kappa shape index (κ3) is 7.12. The number of likely N-dealkylation sites (tertiary alicyclic amines) is 1. The number of methoxy groups -OCH3 is 1. The second-order valence-corrected chi connectivity index (χ2v) is 10.8. The van der Waals surface area contributed by atoms with Crippen LogP contribution in [0.15, 0.2) is 59.6 Å². The van der Waals surface area contributed by atoms with E-state index >= 15 is 0 Å². The molecule has 0 aliphatic carbocycles. The number of carboxylic acids is 1. The number of benzene rings is 2. The minimum Gasteiger partial charge on any atom is -0.497 e. The van der Waals surface area contributed by atoms with E-state index in [0.717, 1.165) is 73.3 Å². The van der Waals surface area contributed by atoms with Crippen LogP contribution in [0.1, 0.15) is 31.2 Å². The Morgan fingerprint density at radius 1 is 1.23 bits per heavy atom. The number of aliphatic carboxylic acids is 1. The number of hydrogen-bond donors (Lipinski definition) is 1. The second kappa shape index (κ2) is 12.6. The summed E-state index contributed by atoms with van der Waals surface area (Å²) in [6.07, 6.45) is 5.84. The van der Waals surface area contributed by atoms with Gasteiger partial charge in [0, 0.05) is 41.7 Å². The molecule has 0 spiro atoms. The molecule has 2 atom stereocenters. The molecule has 1 N–H and O–H groups in total. The molecule has 1 aliphatic rings. The largest absolute Gasteiger partial charge is 0.497 e. The van der Waals surface area contributed by atoms with Crippen molar-refractivity contribution in [3.8, 4) is 5.75 Å². The van der Waals surface area contributed by atoms with E-state index in [0.29, 0.717) is 10.9 Å². The molecule has 0 radical (unpaired) electrons. The maximum atomic E-state index is 11.6. The molecule has 0 amide bonds. The van der Waals surface area contributed by atoms with Crippen LogP contribution in [0.2, 0.25) is 5.02 Å². The third-order valence-electron chi connectivity index (χ3n) is 6.97. The number of thioether (sulfide) groups is 1. The molecule has 2 heterocycles. The summed E-state index contributed by atoms with van der Waals surface area (Å²) in [7, 11) is 1.66. The van der Waals surface area contributed by atoms with Crippen molar-refractivity contribution < 1.29 is 14.6 Å². The molecule has 2 unspecified atom stereocenters. The van der Waals surface area contributed by atoms with Gasteiger partial charge in [0.2, 0.25) is 0 Å². The summed E-state index contributed by atoms with van der Waals surface area (Å²) in [5.74, 6) is 1.72. The molecule has 5 nitrogen and oxygen atoms in total. The van der Waals surface area contributed by atoms with Gasteiger partial charge in [0.25, 0.3) is 0 Å². The Kier molecular flexibility index (Phi) is 9.30. The maximum Gasteiger partial charge on any atom is 0.303 e. The Balaban J connectivity index is 1.34. The lowest BCUT2D eigenvalue weighted by Gasteiger charge is -2.38. The molecule has 1 fully saturated rings. The molecule has 1 aliphatic heterocycles. The zero-order valence-electron chi connectivity index (χ0n) is 20.2. The number of carbonyl (C=O) groups is 1. The van der Waals surface area contributed by atoms with Gasteiger partial charge in [-0.25, -0.2) is 0 Å². The van der Waals surface area contributed by atoms with Gasteiger partial charge < -0.3 is 14.7 Å². The molecule has 1 aromatic heterocycles. The summed E-state index contributed by atoms with van der Waals surface area (Å²) in [6, 6.07) is 16.3. The van der Waals surface area contributed by atoms with E-state index in [-0.39, 0.29) is 12.3 Å². The Hall–Kier alpha value is -2.28. The molecule has 0 saturated carbocycles. The summed E-state index contributed by atoms with van der Waals surface area (Å²) >= 11 is 8.40. The number of pyridine rings is 1. The van der Waals surface area contributed by atoms with E-state index in [1.165, 1.54) is 4.90 Å². The molecule has 2 aromatic carbocycles. The third-order valence-corrected chi connectivity index (χ3v) is 8.29. The number of aromatic nitrogens is 1. The summed E-state index contributed by atoms with van der Waals surface area (Å²) < 4.78 is 5.40. The minimum atomic E-state index is -0.698. The highest BCUT2D eigenvalue weighted by Gasteiger charge is 2.30. The van der Waals surface area contributed by atoms with Crippen LogP contribution in [0.5, 0.6) is 5.75 Å². The van der Waals surface area contributed by atoms with Gasteiger partial charge >= 0.3 is 5.97 Å². The maximum absolute atomic E-state index is 11.6. The Morgan fingerprint density at radius 2 is 2.06 bits per heavy atom. The van der Waals surface area contributed by atoms with Crippen LogP contribution in [0.25, 0.3) is 10.9 Å². The van der Waals surface area contributed by atoms with Crippen molar-refractivity contribution in [3.05, 3.63) is 65.3 Å². The van der Waals surface area contributed by atoms with Crippen LogP contribution in [-0.2, 0) is 11.2 Å². The van der Waals surface area contributed by atoms with Gasteiger partial charge in [0.15, 0.2) is 0 Å². The number of aryl methyl sites for hydroxylation is 1. The van der Waals surface area contributed by atoms with Crippen LogP contribution in [-0.4, -0.2) is 53.5 Å². The van der Waals surface area contributed by atoms with Crippen LogP contribution in [0.4, 0.5) is 0 Å². The van der Waals surface area contributed by atoms with Gasteiger partial charge in [-0.1, -0.05) is 29.8 Å². The quantitative estimate of drug-likeness (QED) is 0.299. The molecule has 3 aromatic rings. The smallest absolute Gasteiger partial charge is 0.303 e. The summed E-state index contributed by atoms with van der Waals surface area (Å²) in [5.41, 5.74) is 2.01. The lowest BCUT2D eigenvalue weighted by atomic mass is 9.80. The van der Waals surface area contributed by atoms with E-state index in [9.17, 15) is 9.90 Å². The Bertz CT molecular complexity index is 1130. The van der Waals surface area contributed by atoms with Crippen LogP contribution in [0, 0.1) is 11.8 Å². The standard InChI is InChI=1S/C28H33ClN2O3S/c1-34-22-10-11-27-25(17-22)24(26(29)18-30-27)9-5-6-20-12-13-31(19-21(20)16-28(32)33)14-15-35-23-7-3-2-4-8-23/h2-4,7-8,10-11,17-18,20-21H,5-6,9,12-16,19H2,1H3,(H,32,33). The first-order valence-corrected chi connectivity index (χ1v) is 13.6. The lowest BCUT2D eigenvalue weighted by molar-refractivity contribution is -0.139. The first kappa shape index (κ1) is 25.8. The van der Waals surface area contributed by atoms with E-state index < -0.39 is 5.97 Å². The van der Waals surface area contributed by atoms with Gasteiger partial charge in [-0.15, -0.1) is 11.8 Å². The number of piperidine rings is 1. The van der Waals surface area contributed by atoms with Gasteiger partial charge in [0.05, 0.1) is 17.6 Å². The number of halogens is 1. The van der Waals surface area contributed by atoms with Crippen molar-refractivity contribution in [2.24, 2.45) is 11.8 Å². The Labute approximate surface area is 216 Å². The normalized spacial score (nSPS) is 18.6. The summed E-state index contributed by atoms with van der Waals surface area (Å²) in [6.45, 7) is 2.89. The number of rotatable bonds is 11. The van der Waals surface area contributed by atoms with E-state index in [4.69, 9.17) is 16.3 Å². The molecule has 35 heavy (non-hydrogen) atoms. The van der Waals surface area contributed by atoms with Crippen molar-refractivity contribution in [1.82, 2.24) is 9.88 Å². The number of carboxylic acid groups (broad SMARTS) is 1. The number of fused-ring (bicyclic) bond motifs is 1. The van der Waals surface area contributed by atoms with Crippen LogP contribution in [0.3, 0.4) is 0 Å². The second-order valence-electron chi connectivity index (χ2n) is 9.23. The average Bonchev–Trinajstić information content (AvgIpc) is 2.86. The van der Waals surface area contributed by atoms with E-state index in [1.807, 2.05) is 36.0 Å². The number of nitrogens with zero attached hydrogens (tertiary/aromatic N) is 2. The highest BCUT2D eigenvalue weighted by molar-refractivity contribution is 7.99. The monoisotopic (exact) mass is 512 g/mol. The minimum absolute atomic E-state index is 0.188. The molecule has 4 rings (SSSR count). The molecule has 1 saturated heterocycles. The fourth-order valence-electron chi connectivity index (χ4n) is 5.13. The molecular formula is C28H33ClN2O3S. The molecular weight excluding hydrogens is 480 g/mol. The van der Waals surface area contributed by atoms with E-state index in [2.05, 4.69) is 34.1 Å². The fourth-order valence-corrected chi connectivity index (χ4v) is 6.31. The van der Waals surface area contributed by atoms with Crippen LogP contribution < -0.4 is 4.74 Å². The first-order chi connectivity index (χ1) is 17.0. The molecule has 7 heteroatoms. The van der Waals surface area contributed by atoms with Crippen molar-refractivity contribution in [2.45, 2.75) is 37.0 Å².